The molecule has 5 rings (SSSR count). The molecule has 1 atom stereocenters. The second kappa shape index (κ2) is 14.8. The standard InChI is InChI=1S/C16H24ClN3O2.C10H10F3N.C2H6/c17-15-14(18-9-12-5-4-8-22-11-12)10-19-20(16(15)21)13-6-2-1-3-7-13;11-10(12,13)7-1-3-8(4-2-7)14-9-5-6-9;1-2/h10,12-13,18H,1-9,11H2;1-4,9,14H,5-6H2;1-2H3. The third kappa shape index (κ3) is 9.19. The van der Waals surface area contributed by atoms with Gasteiger partial charge in [-0.2, -0.15) is 18.3 Å². The van der Waals surface area contributed by atoms with Gasteiger partial charge in [0.1, 0.15) is 5.02 Å². The van der Waals surface area contributed by atoms with Gasteiger partial charge in [0.05, 0.1) is 30.1 Å². The van der Waals surface area contributed by atoms with Crippen LogP contribution in [0.2, 0.25) is 5.02 Å². The number of hydrogen-bond donors (Lipinski definition) is 2. The van der Waals surface area contributed by atoms with Gasteiger partial charge in [-0.25, -0.2) is 4.68 Å². The first-order chi connectivity index (χ1) is 18.3. The summed E-state index contributed by atoms with van der Waals surface area (Å²) in [5.41, 5.74) is 0.641. The highest BCUT2D eigenvalue weighted by Crippen LogP contribution is 2.31. The van der Waals surface area contributed by atoms with Gasteiger partial charge in [0.15, 0.2) is 0 Å². The molecule has 2 saturated carbocycles. The van der Waals surface area contributed by atoms with E-state index in [0.29, 0.717) is 17.6 Å². The molecule has 212 valence electrons. The van der Waals surface area contributed by atoms with Crippen LogP contribution in [0.1, 0.15) is 83.2 Å². The van der Waals surface area contributed by atoms with Crippen molar-refractivity contribution < 1.29 is 17.9 Å². The Labute approximate surface area is 228 Å². The normalized spacial score (nSPS) is 19.9. The van der Waals surface area contributed by atoms with Gasteiger partial charge in [0.25, 0.3) is 5.56 Å². The van der Waals surface area contributed by atoms with E-state index in [1.807, 2.05) is 13.8 Å². The van der Waals surface area contributed by atoms with Crippen LogP contribution in [0.15, 0.2) is 35.3 Å². The van der Waals surface area contributed by atoms with Crippen LogP contribution in [0.3, 0.4) is 0 Å². The molecule has 0 spiro atoms. The molecule has 1 saturated heterocycles. The number of rotatable bonds is 6. The maximum Gasteiger partial charge on any atom is 0.416 e. The first-order valence-electron chi connectivity index (χ1n) is 13.8. The molecule has 3 aliphatic rings. The highest BCUT2D eigenvalue weighted by molar-refractivity contribution is 6.32. The predicted octanol–water partition coefficient (Wildman–Crippen LogP) is 7.55. The Kier molecular flexibility index (Phi) is 11.8. The molecule has 3 fully saturated rings. The van der Waals surface area contributed by atoms with Crippen molar-refractivity contribution in [2.45, 2.75) is 89.9 Å². The number of nitrogens with zero attached hydrogens (tertiary/aromatic N) is 2. The van der Waals surface area contributed by atoms with Gasteiger partial charge < -0.3 is 15.4 Å². The number of ether oxygens (including phenoxy) is 1. The summed E-state index contributed by atoms with van der Waals surface area (Å²) in [4.78, 5) is 12.4. The van der Waals surface area contributed by atoms with E-state index >= 15 is 0 Å². The molecule has 1 aliphatic heterocycles. The summed E-state index contributed by atoms with van der Waals surface area (Å²) in [6.45, 7) is 6.40. The Hall–Kier alpha value is -2.26. The molecule has 0 radical (unpaired) electrons. The van der Waals surface area contributed by atoms with Crippen molar-refractivity contribution in [3.05, 3.63) is 51.4 Å². The molecule has 2 N–H and O–H groups in total. The number of hydrogen-bond acceptors (Lipinski definition) is 5. The van der Waals surface area contributed by atoms with Crippen molar-refractivity contribution >= 4 is 23.0 Å². The quantitative estimate of drug-likeness (QED) is 0.384. The first-order valence-corrected chi connectivity index (χ1v) is 14.2. The Bertz CT molecular complexity index is 1030. The third-order valence-corrected chi connectivity index (χ3v) is 7.23. The third-order valence-electron chi connectivity index (χ3n) is 6.86. The molecule has 2 heterocycles. The first kappa shape index (κ1) is 30.3. The van der Waals surface area contributed by atoms with Gasteiger partial charge in [-0.15, -0.1) is 0 Å². The van der Waals surface area contributed by atoms with Crippen LogP contribution in [0, 0.1) is 5.92 Å². The average molecular weight is 557 g/mol. The molecule has 1 aromatic carbocycles. The molecule has 0 amide bonds. The van der Waals surface area contributed by atoms with Crippen LogP contribution in [-0.4, -0.2) is 35.6 Å². The zero-order valence-corrected chi connectivity index (χ0v) is 23.1. The second-order valence-corrected chi connectivity index (χ2v) is 10.2. The average Bonchev–Trinajstić information content (AvgIpc) is 3.76. The van der Waals surface area contributed by atoms with E-state index in [2.05, 4.69) is 15.7 Å². The van der Waals surface area contributed by atoms with Crippen molar-refractivity contribution in [2.24, 2.45) is 5.92 Å². The number of aromatic nitrogens is 2. The lowest BCUT2D eigenvalue weighted by Crippen LogP contribution is -2.30. The number of alkyl halides is 3. The summed E-state index contributed by atoms with van der Waals surface area (Å²) in [5, 5.41) is 11.0. The molecular weight excluding hydrogens is 517 g/mol. The van der Waals surface area contributed by atoms with Crippen molar-refractivity contribution in [1.82, 2.24) is 9.78 Å². The van der Waals surface area contributed by atoms with Crippen molar-refractivity contribution in [3.8, 4) is 0 Å². The van der Waals surface area contributed by atoms with E-state index in [1.165, 1.54) is 18.6 Å². The monoisotopic (exact) mass is 556 g/mol. The summed E-state index contributed by atoms with van der Waals surface area (Å²) >= 11 is 6.27. The largest absolute Gasteiger partial charge is 0.416 e. The zero-order chi connectivity index (χ0) is 27.5. The minimum atomic E-state index is -4.24. The number of benzene rings is 1. The van der Waals surface area contributed by atoms with Crippen molar-refractivity contribution in [2.75, 3.05) is 30.4 Å². The number of anilines is 2. The Morgan fingerprint density at radius 3 is 2.29 bits per heavy atom. The second-order valence-electron chi connectivity index (χ2n) is 9.87. The van der Waals surface area contributed by atoms with E-state index in [4.69, 9.17) is 16.3 Å². The van der Waals surface area contributed by atoms with Crippen LogP contribution in [-0.2, 0) is 10.9 Å². The smallest absolute Gasteiger partial charge is 0.382 e. The predicted molar refractivity (Wildman–Crippen MR) is 147 cm³/mol. The van der Waals surface area contributed by atoms with Crippen molar-refractivity contribution in [1.29, 1.82) is 0 Å². The summed E-state index contributed by atoms with van der Waals surface area (Å²) in [6.07, 6.45) is 7.56. The lowest BCUT2D eigenvalue weighted by atomic mass is 9.96. The maximum atomic E-state index is 12.4. The Balaban J connectivity index is 0.000000215. The number of halogens is 4. The molecule has 2 aliphatic carbocycles. The molecule has 2 aromatic rings. The lowest BCUT2D eigenvalue weighted by Gasteiger charge is -2.24. The highest BCUT2D eigenvalue weighted by atomic mass is 35.5. The van der Waals surface area contributed by atoms with Gasteiger partial charge in [0, 0.05) is 24.9 Å². The van der Waals surface area contributed by atoms with Crippen LogP contribution in [0.4, 0.5) is 24.5 Å². The van der Waals surface area contributed by atoms with Crippen LogP contribution < -0.4 is 16.2 Å². The number of nitrogens with one attached hydrogen (secondary N) is 2. The topological polar surface area (TPSA) is 68.2 Å². The lowest BCUT2D eigenvalue weighted by molar-refractivity contribution is -0.137. The molecular formula is C28H40ClF3N4O2. The van der Waals surface area contributed by atoms with Gasteiger partial charge in [-0.05, 0) is 68.7 Å². The van der Waals surface area contributed by atoms with Gasteiger partial charge in [-0.1, -0.05) is 44.7 Å². The fourth-order valence-corrected chi connectivity index (χ4v) is 4.80. The van der Waals surface area contributed by atoms with Crippen LogP contribution in [0.25, 0.3) is 0 Å². The zero-order valence-electron chi connectivity index (χ0n) is 22.3. The molecule has 6 nitrogen and oxygen atoms in total. The van der Waals surface area contributed by atoms with E-state index in [0.717, 1.165) is 88.9 Å². The van der Waals surface area contributed by atoms with Gasteiger partial charge >= 0.3 is 6.18 Å². The highest BCUT2D eigenvalue weighted by Gasteiger charge is 2.30. The Morgan fingerprint density at radius 2 is 1.71 bits per heavy atom. The summed E-state index contributed by atoms with van der Waals surface area (Å²) < 4.78 is 43.6. The van der Waals surface area contributed by atoms with E-state index < -0.39 is 11.7 Å². The fourth-order valence-electron chi connectivity index (χ4n) is 4.60. The van der Waals surface area contributed by atoms with E-state index in [9.17, 15) is 18.0 Å². The van der Waals surface area contributed by atoms with Crippen LogP contribution >= 0.6 is 11.6 Å². The minimum absolute atomic E-state index is 0.168. The molecule has 1 aromatic heterocycles. The van der Waals surface area contributed by atoms with Crippen LogP contribution in [0.5, 0.6) is 0 Å². The summed E-state index contributed by atoms with van der Waals surface area (Å²) in [7, 11) is 0. The SMILES string of the molecule is CC.FC(F)(F)c1ccc(NC2CC2)cc1.O=c1c(Cl)c(NCC2CCCOC2)cnn1C1CCCCC1. The van der Waals surface area contributed by atoms with Crippen molar-refractivity contribution in [3.63, 3.8) is 0 Å². The minimum Gasteiger partial charge on any atom is -0.382 e. The fraction of sp³-hybridized carbons (Fsp3) is 0.643. The van der Waals surface area contributed by atoms with Gasteiger partial charge in [0.2, 0.25) is 0 Å². The van der Waals surface area contributed by atoms with E-state index in [1.54, 1.807) is 10.9 Å². The Morgan fingerprint density at radius 1 is 1.03 bits per heavy atom. The van der Waals surface area contributed by atoms with E-state index in [-0.39, 0.29) is 16.6 Å². The molecule has 1 unspecified atom stereocenters. The summed E-state index contributed by atoms with van der Waals surface area (Å²) in [5.74, 6) is 0.477. The maximum absolute atomic E-state index is 12.4. The summed E-state index contributed by atoms with van der Waals surface area (Å²) in [6, 6.07) is 5.82. The molecule has 10 heteroatoms. The molecule has 38 heavy (non-hydrogen) atoms. The molecule has 0 bridgehead atoms. The van der Waals surface area contributed by atoms with Gasteiger partial charge in [-0.3, -0.25) is 4.79 Å².